The molecule has 1 amide bonds. The van der Waals surface area contributed by atoms with Crippen molar-refractivity contribution in [1.82, 2.24) is 15.5 Å². The third kappa shape index (κ3) is 3.67. The molecule has 19 heavy (non-hydrogen) atoms. The van der Waals surface area contributed by atoms with Crippen LogP contribution in [0.15, 0.2) is 0 Å². The van der Waals surface area contributed by atoms with Crippen molar-refractivity contribution in [2.45, 2.75) is 25.8 Å². The number of carbonyl (C=O) groups excluding carboxylic acids is 1. The number of fused-ring (bicyclic) bond motifs is 1. The molecule has 108 valence electrons. The van der Waals surface area contributed by atoms with Gasteiger partial charge in [0.25, 0.3) is 0 Å². The molecule has 2 fully saturated rings. The van der Waals surface area contributed by atoms with E-state index in [0.717, 1.165) is 19.6 Å². The summed E-state index contributed by atoms with van der Waals surface area (Å²) in [6.07, 6.45) is 0.599. The molecule has 0 spiro atoms. The van der Waals surface area contributed by atoms with Crippen molar-refractivity contribution in [2.24, 2.45) is 11.8 Å². The summed E-state index contributed by atoms with van der Waals surface area (Å²) < 4.78 is 0. The SMILES string of the molecule is CC1C2CNCC2CN1CC(=O)NCCCC(=O)O. The monoisotopic (exact) mass is 269 g/mol. The fourth-order valence-corrected chi connectivity index (χ4v) is 3.17. The highest BCUT2D eigenvalue weighted by atomic mass is 16.4. The summed E-state index contributed by atoms with van der Waals surface area (Å²) >= 11 is 0. The topological polar surface area (TPSA) is 81.7 Å². The van der Waals surface area contributed by atoms with Crippen LogP contribution in [0, 0.1) is 11.8 Å². The van der Waals surface area contributed by atoms with Gasteiger partial charge in [0.05, 0.1) is 6.54 Å². The Balaban J connectivity index is 1.67. The molecule has 0 aromatic rings. The lowest BCUT2D eigenvalue weighted by molar-refractivity contribution is -0.137. The molecular formula is C13H23N3O3. The van der Waals surface area contributed by atoms with E-state index in [1.165, 1.54) is 0 Å². The smallest absolute Gasteiger partial charge is 0.303 e. The van der Waals surface area contributed by atoms with Crippen molar-refractivity contribution in [2.75, 3.05) is 32.7 Å². The maximum atomic E-state index is 11.8. The molecule has 0 bridgehead atoms. The summed E-state index contributed by atoms with van der Waals surface area (Å²) in [4.78, 5) is 24.4. The van der Waals surface area contributed by atoms with Crippen LogP contribution < -0.4 is 10.6 Å². The zero-order valence-corrected chi connectivity index (χ0v) is 11.4. The van der Waals surface area contributed by atoms with Crippen molar-refractivity contribution in [1.29, 1.82) is 0 Å². The van der Waals surface area contributed by atoms with Gasteiger partial charge in [0.2, 0.25) is 5.91 Å². The second-order valence-corrected chi connectivity index (χ2v) is 5.60. The van der Waals surface area contributed by atoms with Gasteiger partial charge in [-0.15, -0.1) is 0 Å². The quantitative estimate of drug-likeness (QED) is 0.567. The normalized spacial score (nSPS) is 30.3. The van der Waals surface area contributed by atoms with Crippen LogP contribution in [0.5, 0.6) is 0 Å². The number of nitrogens with zero attached hydrogens (tertiary/aromatic N) is 1. The minimum absolute atomic E-state index is 0.00479. The lowest BCUT2D eigenvalue weighted by Crippen LogP contribution is -2.41. The van der Waals surface area contributed by atoms with E-state index < -0.39 is 5.97 Å². The molecule has 2 aliphatic rings. The third-order valence-corrected chi connectivity index (χ3v) is 4.29. The number of hydrogen-bond acceptors (Lipinski definition) is 4. The highest BCUT2D eigenvalue weighted by molar-refractivity contribution is 5.78. The molecule has 0 aromatic heterocycles. The fraction of sp³-hybridized carbons (Fsp3) is 0.846. The highest BCUT2D eigenvalue weighted by Crippen LogP contribution is 2.31. The van der Waals surface area contributed by atoms with Gasteiger partial charge < -0.3 is 15.7 Å². The number of aliphatic carboxylic acids is 1. The number of carboxylic acids is 1. The lowest BCUT2D eigenvalue weighted by atomic mass is 9.95. The molecule has 3 atom stereocenters. The minimum Gasteiger partial charge on any atom is -0.481 e. The van der Waals surface area contributed by atoms with Crippen LogP contribution in [0.4, 0.5) is 0 Å². The van der Waals surface area contributed by atoms with Crippen LogP contribution in [0.25, 0.3) is 0 Å². The molecule has 0 aromatic carbocycles. The second-order valence-electron chi connectivity index (χ2n) is 5.60. The van der Waals surface area contributed by atoms with Gasteiger partial charge in [0.15, 0.2) is 0 Å². The van der Waals surface area contributed by atoms with Crippen LogP contribution in [-0.2, 0) is 9.59 Å². The Labute approximate surface area is 113 Å². The molecular weight excluding hydrogens is 246 g/mol. The molecule has 2 saturated heterocycles. The van der Waals surface area contributed by atoms with Crippen molar-refractivity contribution in [3.8, 4) is 0 Å². The minimum atomic E-state index is -0.817. The average molecular weight is 269 g/mol. The summed E-state index contributed by atoms with van der Waals surface area (Å²) in [5, 5.41) is 14.7. The standard InChI is InChI=1S/C13H23N3O3/c1-9-11-6-14-5-10(11)7-16(9)8-12(17)15-4-2-3-13(18)19/h9-11,14H,2-8H2,1H3,(H,15,17)(H,18,19). The van der Waals surface area contributed by atoms with Crippen molar-refractivity contribution < 1.29 is 14.7 Å². The van der Waals surface area contributed by atoms with Gasteiger partial charge in [-0.3, -0.25) is 14.5 Å². The van der Waals surface area contributed by atoms with E-state index in [-0.39, 0.29) is 12.3 Å². The molecule has 2 aliphatic heterocycles. The predicted molar refractivity (Wildman–Crippen MR) is 70.8 cm³/mol. The first kappa shape index (κ1) is 14.3. The van der Waals surface area contributed by atoms with E-state index in [9.17, 15) is 9.59 Å². The van der Waals surface area contributed by atoms with E-state index in [1.54, 1.807) is 0 Å². The largest absolute Gasteiger partial charge is 0.481 e. The van der Waals surface area contributed by atoms with Crippen molar-refractivity contribution >= 4 is 11.9 Å². The Morgan fingerprint density at radius 3 is 2.89 bits per heavy atom. The van der Waals surface area contributed by atoms with E-state index in [4.69, 9.17) is 5.11 Å². The Kier molecular flexibility index (Phi) is 4.76. The number of carboxylic acid groups (broad SMARTS) is 1. The van der Waals surface area contributed by atoms with Gasteiger partial charge in [-0.05, 0) is 38.3 Å². The molecule has 6 nitrogen and oxygen atoms in total. The summed E-state index contributed by atoms with van der Waals surface area (Å²) in [5.41, 5.74) is 0. The molecule has 6 heteroatoms. The first-order valence-electron chi connectivity index (χ1n) is 7.01. The van der Waals surface area contributed by atoms with Crippen LogP contribution in [0.3, 0.4) is 0 Å². The highest BCUT2D eigenvalue weighted by Gasteiger charge is 2.41. The van der Waals surface area contributed by atoms with Gasteiger partial charge in [0, 0.05) is 25.6 Å². The summed E-state index contributed by atoms with van der Waals surface area (Å²) in [6.45, 7) is 6.17. The van der Waals surface area contributed by atoms with Gasteiger partial charge in [-0.25, -0.2) is 0 Å². The zero-order chi connectivity index (χ0) is 13.8. The zero-order valence-electron chi connectivity index (χ0n) is 11.4. The first-order valence-corrected chi connectivity index (χ1v) is 7.01. The summed E-state index contributed by atoms with van der Waals surface area (Å²) in [7, 11) is 0. The van der Waals surface area contributed by atoms with Crippen molar-refractivity contribution in [3.05, 3.63) is 0 Å². The van der Waals surface area contributed by atoms with Gasteiger partial charge in [-0.1, -0.05) is 0 Å². The van der Waals surface area contributed by atoms with Crippen LogP contribution in [0.1, 0.15) is 19.8 Å². The fourth-order valence-electron chi connectivity index (χ4n) is 3.17. The third-order valence-electron chi connectivity index (χ3n) is 4.29. The van der Waals surface area contributed by atoms with E-state index in [2.05, 4.69) is 22.5 Å². The van der Waals surface area contributed by atoms with E-state index >= 15 is 0 Å². The number of likely N-dealkylation sites (tertiary alicyclic amines) is 1. The Hall–Kier alpha value is -1.14. The first-order chi connectivity index (χ1) is 9.08. The van der Waals surface area contributed by atoms with Gasteiger partial charge in [-0.2, -0.15) is 0 Å². The average Bonchev–Trinajstić information content (AvgIpc) is 2.90. The second kappa shape index (κ2) is 6.34. The Morgan fingerprint density at radius 2 is 2.21 bits per heavy atom. The molecule has 3 N–H and O–H groups in total. The Bertz CT molecular complexity index is 348. The van der Waals surface area contributed by atoms with E-state index in [0.29, 0.717) is 37.4 Å². The number of nitrogens with one attached hydrogen (secondary N) is 2. The molecule has 3 unspecified atom stereocenters. The number of hydrogen-bond donors (Lipinski definition) is 3. The van der Waals surface area contributed by atoms with Gasteiger partial charge >= 0.3 is 5.97 Å². The molecule has 0 saturated carbocycles. The lowest BCUT2D eigenvalue weighted by Gasteiger charge is -2.23. The number of carbonyl (C=O) groups is 2. The number of amides is 1. The van der Waals surface area contributed by atoms with Crippen LogP contribution >= 0.6 is 0 Å². The van der Waals surface area contributed by atoms with Crippen LogP contribution in [-0.4, -0.2) is 60.6 Å². The van der Waals surface area contributed by atoms with Gasteiger partial charge in [0.1, 0.15) is 0 Å². The molecule has 2 rings (SSSR count). The summed E-state index contributed by atoms with van der Waals surface area (Å²) in [6, 6.07) is 0.449. The maximum absolute atomic E-state index is 11.8. The molecule has 2 heterocycles. The molecule has 0 aliphatic carbocycles. The number of rotatable bonds is 6. The van der Waals surface area contributed by atoms with E-state index in [1.807, 2.05) is 0 Å². The predicted octanol–water partition coefficient (Wildman–Crippen LogP) is -0.493. The Morgan fingerprint density at radius 1 is 1.42 bits per heavy atom. The maximum Gasteiger partial charge on any atom is 0.303 e. The van der Waals surface area contributed by atoms with Crippen LogP contribution in [0.2, 0.25) is 0 Å². The summed E-state index contributed by atoms with van der Waals surface area (Å²) in [5.74, 6) is 0.530. The van der Waals surface area contributed by atoms with Crippen molar-refractivity contribution in [3.63, 3.8) is 0 Å². The molecule has 0 radical (unpaired) electrons.